The number of rotatable bonds is 4. The average Bonchev–Trinajstić information content (AvgIpc) is 2.75. The van der Waals surface area contributed by atoms with Gasteiger partial charge in [0.2, 0.25) is 0 Å². The largest absolute Gasteiger partial charge is 0.495 e. The van der Waals surface area contributed by atoms with Crippen molar-refractivity contribution in [2.45, 2.75) is 25.9 Å². The monoisotopic (exact) mass is 328 g/mol. The fraction of sp³-hybridized carbons (Fsp3) is 0.400. The number of aryl methyl sites for hydroxylation is 1. The molecule has 6 heteroatoms. The molecular formula is C15H18Cl2N2O2. The molecule has 0 aliphatic rings. The molecule has 21 heavy (non-hydrogen) atoms. The van der Waals surface area contributed by atoms with Gasteiger partial charge in [0.15, 0.2) is 0 Å². The summed E-state index contributed by atoms with van der Waals surface area (Å²) in [6, 6.07) is 5.15. The summed E-state index contributed by atoms with van der Waals surface area (Å²) in [4.78, 5) is 0. The van der Waals surface area contributed by atoms with Gasteiger partial charge in [-0.1, -0.05) is 43.1 Å². The van der Waals surface area contributed by atoms with Crippen LogP contribution in [0.4, 0.5) is 0 Å². The standard InChI is InChI=1S/C15H18Cl2N2O2/c1-8(2)13-12(15(17)19(3)18-13)14(20)9-5-6-10(16)11(7-9)21-4/h5-8,14,20H,1-4H3. The van der Waals surface area contributed by atoms with Gasteiger partial charge in [-0.2, -0.15) is 5.10 Å². The fourth-order valence-electron chi connectivity index (χ4n) is 2.23. The van der Waals surface area contributed by atoms with Gasteiger partial charge in [-0.3, -0.25) is 4.68 Å². The molecule has 0 spiro atoms. The van der Waals surface area contributed by atoms with Gasteiger partial charge in [-0.15, -0.1) is 0 Å². The van der Waals surface area contributed by atoms with E-state index in [-0.39, 0.29) is 5.92 Å². The van der Waals surface area contributed by atoms with E-state index in [9.17, 15) is 5.11 Å². The van der Waals surface area contributed by atoms with Crippen LogP contribution < -0.4 is 4.74 Å². The maximum atomic E-state index is 10.7. The normalized spacial score (nSPS) is 12.8. The Hall–Kier alpha value is -1.23. The molecule has 1 atom stereocenters. The lowest BCUT2D eigenvalue weighted by atomic mass is 9.97. The maximum absolute atomic E-state index is 10.7. The van der Waals surface area contributed by atoms with Crippen LogP contribution in [0, 0.1) is 0 Å². The summed E-state index contributed by atoms with van der Waals surface area (Å²) in [5.74, 6) is 0.668. The zero-order valence-corrected chi connectivity index (χ0v) is 13.9. The predicted molar refractivity (Wildman–Crippen MR) is 84.4 cm³/mol. The molecule has 1 N–H and O–H groups in total. The van der Waals surface area contributed by atoms with Crippen molar-refractivity contribution in [3.63, 3.8) is 0 Å². The molecule has 0 fully saturated rings. The second-order valence-electron chi connectivity index (χ2n) is 5.16. The number of methoxy groups -OCH3 is 1. The highest BCUT2D eigenvalue weighted by Crippen LogP contribution is 2.36. The Bertz CT molecular complexity index is 653. The highest BCUT2D eigenvalue weighted by molar-refractivity contribution is 6.32. The van der Waals surface area contributed by atoms with E-state index in [4.69, 9.17) is 27.9 Å². The van der Waals surface area contributed by atoms with Gasteiger partial charge in [0.1, 0.15) is 17.0 Å². The Kier molecular flexibility index (Phi) is 4.81. The lowest BCUT2D eigenvalue weighted by Crippen LogP contribution is -2.04. The molecular weight excluding hydrogens is 311 g/mol. The second-order valence-corrected chi connectivity index (χ2v) is 5.93. The Morgan fingerprint density at radius 2 is 1.95 bits per heavy atom. The van der Waals surface area contributed by atoms with Gasteiger partial charge in [0.05, 0.1) is 17.8 Å². The van der Waals surface area contributed by atoms with Gasteiger partial charge in [-0.25, -0.2) is 0 Å². The minimum absolute atomic E-state index is 0.155. The van der Waals surface area contributed by atoms with Crippen LogP contribution in [-0.4, -0.2) is 22.0 Å². The minimum Gasteiger partial charge on any atom is -0.495 e. The summed E-state index contributed by atoms with van der Waals surface area (Å²) >= 11 is 12.3. The van der Waals surface area contributed by atoms with Crippen LogP contribution in [0.25, 0.3) is 0 Å². The smallest absolute Gasteiger partial charge is 0.137 e. The summed E-state index contributed by atoms with van der Waals surface area (Å²) < 4.78 is 6.76. The van der Waals surface area contributed by atoms with Crippen LogP contribution >= 0.6 is 23.2 Å². The van der Waals surface area contributed by atoms with E-state index >= 15 is 0 Å². The number of nitrogens with zero attached hydrogens (tertiary/aromatic N) is 2. The number of aliphatic hydroxyl groups is 1. The molecule has 2 rings (SSSR count). The summed E-state index contributed by atoms with van der Waals surface area (Å²) in [6.45, 7) is 4.02. The third-order valence-electron chi connectivity index (χ3n) is 3.35. The van der Waals surface area contributed by atoms with Crippen molar-refractivity contribution in [1.82, 2.24) is 9.78 Å². The molecule has 0 saturated carbocycles. The zero-order chi connectivity index (χ0) is 15.7. The molecule has 0 amide bonds. The van der Waals surface area contributed by atoms with E-state index in [0.29, 0.717) is 27.1 Å². The van der Waals surface area contributed by atoms with Crippen LogP contribution in [0.3, 0.4) is 0 Å². The molecule has 0 bridgehead atoms. The number of halogens is 2. The van der Waals surface area contributed by atoms with Crippen molar-refractivity contribution in [3.8, 4) is 5.75 Å². The number of aliphatic hydroxyl groups excluding tert-OH is 1. The highest BCUT2D eigenvalue weighted by Gasteiger charge is 2.25. The van der Waals surface area contributed by atoms with Crippen molar-refractivity contribution in [1.29, 1.82) is 0 Å². The van der Waals surface area contributed by atoms with Gasteiger partial charge in [0, 0.05) is 12.6 Å². The number of hydrogen-bond donors (Lipinski definition) is 1. The van der Waals surface area contributed by atoms with Crippen LogP contribution in [-0.2, 0) is 7.05 Å². The van der Waals surface area contributed by atoms with Gasteiger partial charge in [-0.05, 0) is 23.6 Å². The Balaban J connectivity index is 2.52. The van der Waals surface area contributed by atoms with E-state index in [0.717, 1.165) is 5.69 Å². The number of ether oxygens (including phenoxy) is 1. The van der Waals surface area contributed by atoms with Crippen LogP contribution in [0.5, 0.6) is 5.75 Å². The van der Waals surface area contributed by atoms with Gasteiger partial charge < -0.3 is 9.84 Å². The van der Waals surface area contributed by atoms with Crippen molar-refractivity contribution in [2.75, 3.05) is 7.11 Å². The van der Waals surface area contributed by atoms with Crippen LogP contribution in [0.1, 0.15) is 42.7 Å². The second kappa shape index (κ2) is 6.26. The molecule has 1 aromatic carbocycles. The van der Waals surface area contributed by atoms with Crippen LogP contribution in [0.2, 0.25) is 10.2 Å². The van der Waals surface area contributed by atoms with Crippen molar-refractivity contribution >= 4 is 23.2 Å². The highest BCUT2D eigenvalue weighted by atomic mass is 35.5. The molecule has 1 heterocycles. The predicted octanol–water partition coefficient (Wildman–Crippen LogP) is 3.94. The summed E-state index contributed by atoms with van der Waals surface area (Å²) in [5.41, 5.74) is 2.07. The molecule has 0 radical (unpaired) electrons. The molecule has 114 valence electrons. The minimum atomic E-state index is -0.880. The molecule has 2 aromatic rings. The van der Waals surface area contributed by atoms with E-state index in [1.807, 2.05) is 13.8 Å². The summed E-state index contributed by atoms with van der Waals surface area (Å²) in [5, 5.41) is 16.0. The molecule has 0 aliphatic heterocycles. The molecule has 0 aliphatic carbocycles. The quantitative estimate of drug-likeness (QED) is 0.924. The van der Waals surface area contributed by atoms with E-state index in [1.54, 1.807) is 29.9 Å². The first-order valence-electron chi connectivity index (χ1n) is 6.60. The number of aromatic nitrogens is 2. The van der Waals surface area contributed by atoms with Gasteiger partial charge in [0.25, 0.3) is 0 Å². The van der Waals surface area contributed by atoms with E-state index < -0.39 is 6.10 Å². The lowest BCUT2D eigenvalue weighted by molar-refractivity contribution is 0.218. The Morgan fingerprint density at radius 1 is 1.29 bits per heavy atom. The lowest BCUT2D eigenvalue weighted by Gasteiger charge is -2.15. The first kappa shape index (κ1) is 16.1. The topological polar surface area (TPSA) is 47.3 Å². The van der Waals surface area contributed by atoms with Crippen molar-refractivity contribution < 1.29 is 9.84 Å². The van der Waals surface area contributed by atoms with Crippen LogP contribution in [0.15, 0.2) is 18.2 Å². The molecule has 1 aromatic heterocycles. The Labute approximate surface area is 134 Å². The maximum Gasteiger partial charge on any atom is 0.137 e. The molecule has 0 saturated heterocycles. The Morgan fingerprint density at radius 3 is 2.52 bits per heavy atom. The fourth-order valence-corrected chi connectivity index (χ4v) is 2.66. The third kappa shape index (κ3) is 3.03. The zero-order valence-electron chi connectivity index (χ0n) is 12.4. The van der Waals surface area contributed by atoms with E-state index in [1.165, 1.54) is 7.11 Å². The first-order valence-corrected chi connectivity index (χ1v) is 7.36. The number of hydrogen-bond acceptors (Lipinski definition) is 3. The first-order chi connectivity index (χ1) is 9.86. The third-order valence-corrected chi connectivity index (χ3v) is 4.11. The molecule has 1 unspecified atom stereocenters. The SMILES string of the molecule is COc1cc(C(O)c2c(C(C)C)nn(C)c2Cl)ccc1Cl. The summed E-state index contributed by atoms with van der Waals surface area (Å²) in [6.07, 6.45) is -0.880. The van der Waals surface area contributed by atoms with Crippen molar-refractivity contribution in [3.05, 3.63) is 45.2 Å². The van der Waals surface area contributed by atoms with Gasteiger partial charge >= 0.3 is 0 Å². The summed E-state index contributed by atoms with van der Waals surface area (Å²) in [7, 11) is 3.29. The number of benzene rings is 1. The average molecular weight is 329 g/mol. The molecule has 4 nitrogen and oxygen atoms in total. The van der Waals surface area contributed by atoms with E-state index in [2.05, 4.69) is 5.10 Å². The van der Waals surface area contributed by atoms with Crippen molar-refractivity contribution in [2.24, 2.45) is 7.05 Å².